The number of hydrogen-bond donors (Lipinski definition) is 2. The van der Waals surface area contributed by atoms with Crippen molar-refractivity contribution in [3.63, 3.8) is 0 Å². The van der Waals surface area contributed by atoms with Crippen LogP contribution >= 0.6 is 0 Å². The predicted octanol–water partition coefficient (Wildman–Crippen LogP) is 0.713. The summed E-state index contributed by atoms with van der Waals surface area (Å²) in [5.41, 5.74) is 0.869. The van der Waals surface area contributed by atoms with Crippen LogP contribution in [0.3, 0.4) is 0 Å². The molecule has 0 spiro atoms. The van der Waals surface area contributed by atoms with Crippen LogP contribution in [0.25, 0.3) is 0 Å². The Labute approximate surface area is 142 Å². The van der Waals surface area contributed by atoms with E-state index in [1.54, 1.807) is 0 Å². The number of carbonyl (C=O) groups excluding carboxylic acids is 1. The molecule has 1 saturated heterocycles. The van der Waals surface area contributed by atoms with E-state index >= 15 is 0 Å². The smallest absolute Gasteiger partial charge is 0.223 e. The maximum atomic E-state index is 11.7. The molecule has 1 aromatic heterocycles. The Balaban J connectivity index is 1.48. The summed E-state index contributed by atoms with van der Waals surface area (Å²) < 4.78 is 11.3. The lowest BCUT2D eigenvalue weighted by molar-refractivity contribution is -0.130. The van der Waals surface area contributed by atoms with Crippen LogP contribution < -0.4 is 5.32 Å². The number of hydrogen-bond acceptors (Lipinski definition) is 6. The summed E-state index contributed by atoms with van der Waals surface area (Å²) in [5, 5.41) is 17.1. The molecule has 0 unspecified atom stereocenters. The molecule has 1 aromatic rings. The molecular formula is C17H27N3O4. The van der Waals surface area contributed by atoms with Gasteiger partial charge in [0.1, 0.15) is 6.10 Å². The van der Waals surface area contributed by atoms with E-state index in [0.29, 0.717) is 25.9 Å². The molecule has 2 N–H and O–H groups in total. The summed E-state index contributed by atoms with van der Waals surface area (Å²) in [5.74, 6) is 1.09. The van der Waals surface area contributed by atoms with E-state index in [1.807, 2.05) is 25.1 Å². The molecule has 2 aliphatic rings. The van der Waals surface area contributed by atoms with Crippen LogP contribution in [0.2, 0.25) is 0 Å². The number of aromatic nitrogens is 1. The molecule has 7 nitrogen and oxygen atoms in total. The molecular weight excluding hydrogens is 310 g/mol. The molecule has 1 aliphatic heterocycles. The predicted molar refractivity (Wildman–Crippen MR) is 87.2 cm³/mol. The molecule has 2 heterocycles. The van der Waals surface area contributed by atoms with Gasteiger partial charge in [0, 0.05) is 24.9 Å². The lowest BCUT2D eigenvalue weighted by atomic mass is 9.98. The minimum absolute atomic E-state index is 0.00599. The van der Waals surface area contributed by atoms with Gasteiger partial charge in [-0.1, -0.05) is 5.16 Å². The van der Waals surface area contributed by atoms with Gasteiger partial charge in [-0.2, -0.15) is 0 Å². The zero-order valence-corrected chi connectivity index (χ0v) is 14.4. The first-order valence-corrected chi connectivity index (χ1v) is 8.71. The van der Waals surface area contributed by atoms with Gasteiger partial charge in [0.15, 0.2) is 5.76 Å². The van der Waals surface area contributed by atoms with Gasteiger partial charge in [0.05, 0.1) is 24.4 Å². The van der Waals surface area contributed by atoms with Crippen molar-refractivity contribution >= 4 is 5.91 Å². The Bertz CT molecular complexity index is 556. The van der Waals surface area contributed by atoms with E-state index in [4.69, 9.17) is 9.26 Å². The van der Waals surface area contributed by atoms with E-state index < -0.39 is 6.10 Å². The summed E-state index contributed by atoms with van der Waals surface area (Å²) in [4.78, 5) is 13.8. The fraction of sp³-hybridized carbons (Fsp3) is 0.765. The largest absolute Gasteiger partial charge is 0.390 e. The van der Waals surface area contributed by atoms with Crippen molar-refractivity contribution in [2.45, 2.75) is 57.0 Å². The van der Waals surface area contributed by atoms with Gasteiger partial charge in [-0.3, -0.25) is 4.79 Å². The van der Waals surface area contributed by atoms with Gasteiger partial charge in [-0.15, -0.1) is 0 Å². The van der Waals surface area contributed by atoms with Crippen LogP contribution in [-0.4, -0.2) is 60.0 Å². The Hall–Kier alpha value is -1.44. The van der Waals surface area contributed by atoms with Crippen molar-refractivity contribution in [3.05, 3.63) is 17.5 Å². The van der Waals surface area contributed by atoms with Crippen LogP contribution in [-0.2, 0) is 22.5 Å². The molecule has 0 radical (unpaired) electrons. The van der Waals surface area contributed by atoms with E-state index in [2.05, 4.69) is 10.5 Å². The highest BCUT2D eigenvalue weighted by Crippen LogP contribution is 2.29. The van der Waals surface area contributed by atoms with Gasteiger partial charge < -0.3 is 24.6 Å². The zero-order valence-electron chi connectivity index (χ0n) is 14.4. The van der Waals surface area contributed by atoms with E-state index in [1.165, 1.54) is 0 Å². The average Bonchev–Trinajstić information content (AvgIpc) is 3.30. The molecule has 24 heavy (non-hydrogen) atoms. The Kier molecular flexibility index (Phi) is 5.53. The van der Waals surface area contributed by atoms with Crippen molar-refractivity contribution in [1.82, 2.24) is 15.4 Å². The number of rotatable bonds is 7. The second-order valence-electron chi connectivity index (χ2n) is 7.19. The molecule has 2 fully saturated rings. The molecule has 1 aliphatic carbocycles. The molecule has 134 valence electrons. The number of nitrogens with one attached hydrogen (secondary N) is 1. The van der Waals surface area contributed by atoms with Crippen LogP contribution in [0.5, 0.6) is 0 Å². The summed E-state index contributed by atoms with van der Waals surface area (Å²) >= 11 is 0. The number of aliphatic hydroxyl groups is 1. The molecule has 0 aromatic carbocycles. The minimum atomic E-state index is -0.526. The molecule has 1 saturated carbocycles. The van der Waals surface area contributed by atoms with E-state index in [-0.39, 0.29) is 24.0 Å². The maximum absolute atomic E-state index is 11.7. The van der Waals surface area contributed by atoms with E-state index in [0.717, 1.165) is 30.7 Å². The zero-order chi connectivity index (χ0) is 17.1. The maximum Gasteiger partial charge on any atom is 0.223 e. The van der Waals surface area contributed by atoms with Crippen LogP contribution in [0, 0.1) is 5.92 Å². The number of carbonyl (C=O) groups is 1. The van der Waals surface area contributed by atoms with Crippen LogP contribution in [0.15, 0.2) is 10.6 Å². The Morgan fingerprint density at radius 2 is 2.17 bits per heavy atom. The van der Waals surface area contributed by atoms with Crippen molar-refractivity contribution < 1.29 is 19.2 Å². The fourth-order valence-electron chi connectivity index (χ4n) is 3.05. The third-order valence-corrected chi connectivity index (χ3v) is 4.52. The highest BCUT2D eigenvalue weighted by molar-refractivity contribution is 5.80. The van der Waals surface area contributed by atoms with Gasteiger partial charge >= 0.3 is 0 Å². The van der Waals surface area contributed by atoms with E-state index in [9.17, 15) is 9.90 Å². The SMILES string of the molecule is CN(C)Cc1cc(C[C@@H]2CC[C@H](O)[C@@H](CNC(=O)C3CC3)O2)no1. The first kappa shape index (κ1) is 17.4. The summed E-state index contributed by atoms with van der Waals surface area (Å²) in [6.45, 7) is 1.09. The summed E-state index contributed by atoms with van der Waals surface area (Å²) in [7, 11) is 3.96. The molecule has 1 amide bonds. The fourth-order valence-corrected chi connectivity index (χ4v) is 3.05. The lowest BCUT2D eigenvalue weighted by Gasteiger charge is -2.33. The second-order valence-corrected chi connectivity index (χ2v) is 7.19. The van der Waals surface area contributed by atoms with Crippen molar-refractivity contribution in [3.8, 4) is 0 Å². The summed E-state index contributed by atoms with van der Waals surface area (Å²) in [6.07, 6.45) is 3.20. The summed E-state index contributed by atoms with van der Waals surface area (Å²) in [6, 6.07) is 1.96. The van der Waals surface area contributed by atoms with Crippen LogP contribution in [0.1, 0.15) is 37.1 Å². The third kappa shape index (κ3) is 4.78. The number of ether oxygens (including phenoxy) is 1. The van der Waals surface area contributed by atoms with Gasteiger partial charge in [0.25, 0.3) is 0 Å². The molecule has 7 heteroatoms. The molecule has 3 rings (SSSR count). The highest BCUT2D eigenvalue weighted by Gasteiger charge is 2.33. The van der Waals surface area contributed by atoms with Gasteiger partial charge in [-0.05, 0) is 39.8 Å². The van der Waals surface area contributed by atoms with Crippen molar-refractivity contribution in [1.29, 1.82) is 0 Å². The third-order valence-electron chi connectivity index (χ3n) is 4.52. The number of amides is 1. The first-order valence-electron chi connectivity index (χ1n) is 8.71. The number of aliphatic hydroxyl groups excluding tert-OH is 1. The monoisotopic (exact) mass is 337 g/mol. The number of nitrogens with zero attached hydrogens (tertiary/aromatic N) is 2. The Morgan fingerprint density at radius 1 is 1.38 bits per heavy atom. The van der Waals surface area contributed by atoms with Crippen molar-refractivity contribution in [2.75, 3.05) is 20.6 Å². The second kappa shape index (κ2) is 7.63. The standard InChI is InChI=1S/C17H27N3O4/c1-20(2)10-14-8-12(19-24-14)7-13-5-6-15(21)16(23-13)9-18-17(22)11-3-4-11/h8,11,13,15-16,21H,3-7,9-10H2,1-2H3,(H,18,22)/t13-,15-,16+/m0/s1. The topological polar surface area (TPSA) is 87.8 Å². The first-order chi connectivity index (χ1) is 11.5. The van der Waals surface area contributed by atoms with Crippen molar-refractivity contribution in [2.24, 2.45) is 5.92 Å². The molecule has 3 atom stereocenters. The quantitative estimate of drug-likeness (QED) is 0.762. The Morgan fingerprint density at radius 3 is 2.88 bits per heavy atom. The highest BCUT2D eigenvalue weighted by atomic mass is 16.5. The van der Waals surface area contributed by atoms with Crippen LogP contribution in [0.4, 0.5) is 0 Å². The van der Waals surface area contributed by atoms with Gasteiger partial charge in [-0.25, -0.2) is 0 Å². The average molecular weight is 337 g/mol. The molecule has 0 bridgehead atoms. The normalized spacial score (nSPS) is 27.4. The minimum Gasteiger partial charge on any atom is -0.390 e. The van der Waals surface area contributed by atoms with Gasteiger partial charge in [0.2, 0.25) is 5.91 Å². The lowest BCUT2D eigenvalue weighted by Crippen LogP contribution is -2.46.